The molecule has 1 N–H and O–H groups in total. The van der Waals surface area contributed by atoms with Gasteiger partial charge in [0.25, 0.3) is 5.89 Å². The summed E-state index contributed by atoms with van der Waals surface area (Å²) in [6.45, 7) is 6.43. The topological polar surface area (TPSA) is 80.5 Å². The second-order valence-electron chi connectivity index (χ2n) is 8.96. The summed E-state index contributed by atoms with van der Waals surface area (Å²) in [6, 6.07) is 23.0. The molecule has 36 heavy (non-hydrogen) atoms. The zero-order chi connectivity index (χ0) is 25.2. The van der Waals surface area contributed by atoms with E-state index < -0.39 is 6.04 Å². The maximum absolute atomic E-state index is 13.4. The lowest BCUT2D eigenvalue weighted by Crippen LogP contribution is -2.45. The molecule has 1 unspecified atom stereocenters. The summed E-state index contributed by atoms with van der Waals surface area (Å²) in [4.78, 5) is 19.8. The van der Waals surface area contributed by atoms with Crippen molar-refractivity contribution in [2.24, 2.45) is 0 Å². The van der Waals surface area contributed by atoms with E-state index in [0.717, 1.165) is 39.1 Å². The molecule has 2 amide bonds. The van der Waals surface area contributed by atoms with Crippen molar-refractivity contribution >= 4 is 11.6 Å². The molecule has 3 aromatic carbocycles. The van der Waals surface area contributed by atoms with Crippen LogP contribution in [0.4, 0.5) is 4.79 Å². The van der Waals surface area contributed by atoms with Gasteiger partial charge in [-0.1, -0.05) is 71.4 Å². The number of nitrogens with one attached hydrogen (secondary N) is 1. The Kier molecular flexibility index (Phi) is 6.29. The highest BCUT2D eigenvalue weighted by Crippen LogP contribution is 2.38. The fraction of sp³-hybridized carbons (Fsp3) is 0.207. The molecule has 0 fully saturated rings. The summed E-state index contributed by atoms with van der Waals surface area (Å²) < 4.78 is 11.2. The number of amides is 2. The van der Waals surface area contributed by atoms with Gasteiger partial charge in [-0.15, -0.1) is 0 Å². The SMILES string of the molecule is COc1cccc(C2NC(=O)N(Cc3ccccc3C)C(C)=C2c2nc(-c3ccc(C)cc3)no2)c1. The summed E-state index contributed by atoms with van der Waals surface area (Å²) in [7, 11) is 1.62. The number of benzene rings is 3. The van der Waals surface area contributed by atoms with Crippen LogP contribution in [0.15, 0.2) is 83.0 Å². The van der Waals surface area contributed by atoms with Crippen LogP contribution in [-0.2, 0) is 6.54 Å². The van der Waals surface area contributed by atoms with Gasteiger partial charge in [0, 0.05) is 11.3 Å². The van der Waals surface area contributed by atoms with Crippen molar-refractivity contribution in [1.82, 2.24) is 20.4 Å². The van der Waals surface area contributed by atoms with Gasteiger partial charge in [0.1, 0.15) is 5.75 Å². The van der Waals surface area contributed by atoms with Crippen LogP contribution in [0.1, 0.15) is 41.1 Å². The molecule has 2 heterocycles. The van der Waals surface area contributed by atoms with E-state index in [1.165, 1.54) is 0 Å². The Balaban J connectivity index is 1.61. The minimum atomic E-state index is -0.480. The normalized spacial score (nSPS) is 15.7. The molecule has 1 atom stereocenters. The van der Waals surface area contributed by atoms with Gasteiger partial charge in [0.05, 0.1) is 25.3 Å². The number of carbonyl (C=O) groups is 1. The number of nitrogens with zero attached hydrogens (tertiary/aromatic N) is 3. The summed E-state index contributed by atoms with van der Waals surface area (Å²) in [5.74, 6) is 1.56. The second-order valence-corrected chi connectivity index (χ2v) is 8.96. The molecule has 0 bridgehead atoms. The molecule has 7 nitrogen and oxygen atoms in total. The minimum absolute atomic E-state index is 0.189. The minimum Gasteiger partial charge on any atom is -0.497 e. The van der Waals surface area contributed by atoms with E-state index in [0.29, 0.717) is 24.0 Å². The molecule has 1 aliphatic heterocycles. The number of aryl methyl sites for hydroxylation is 2. The molecular weight excluding hydrogens is 452 g/mol. The second kappa shape index (κ2) is 9.70. The monoisotopic (exact) mass is 480 g/mol. The number of ether oxygens (including phenoxy) is 1. The summed E-state index contributed by atoms with van der Waals surface area (Å²) in [6.07, 6.45) is 0. The average Bonchev–Trinajstić information content (AvgIpc) is 3.37. The summed E-state index contributed by atoms with van der Waals surface area (Å²) in [5, 5.41) is 7.41. The number of hydrogen-bond donors (Lipinski definition) is 1. The first-order valence-corrected chi connectivity index (χ1v) is 11.8. The lowest BCUT2D eigenvalue weighted by molar-refractivity contribution is 0.203. The van der Waals surface area contributed by atoms with Crippen molar-refractivity contribution < 1.29 is 14.1 Å². The van der Waals surface area contributed by atoms with Gasteiger partial charge in [-0.05, 0) is 49.6 Å². The molecule has 0 radical (unpaired) electrons. The molecule has 0 aliphatic carbocycles. The molecule has 0 saturated carbocycles. The largest absolute Gasteiger partial charge is 0.497 e. The van der Waals surface area contributed by atoms with Crippen molar-refractivity contribution in [3.63, 3.8) is 0 Å². The van der Waals surface area contributed by atoms with Crippen LogP contribution < -0.4 is 10.1 Å². The number of allylic oxidation sites excluding steroid dienone is 1. The highest BCUT2D eigenvalue weighted by molar-refractivity contribution is 5.87. The van der Waals surface area contributed by atoms with Crippen LogP contribution in [0.2, 0.25) is 0 Å². The van der Waals surface area contributed by atoms with Crippen LogP contribution >= 0.6 is 0 Å². The quantitative estimate of drug-likeness (QED) is 0.363. The third kappa shape index (κ3) is 4.47. The number of urea groups is 1. The highest BCUT2D eigenvalue weighted by Gasteiger charge is 2.36. The first-order chi connectivity index (χ1) is 17.4. The number of aromatic nitrogens is 2. The van der Waals surface area contributed by atoms with Gasteiger partial charge in [0.15, 0.2) is 0 Å². The number of carbonyl (C=O) groups excluding carboxylic acids is 1. The van der Waals surface area contributed by atoms with Crippen molar-refractivity contribution in [3.8, 4) is 17.1 Å². The number of hydrogen-bond acceptors (Lipinski definition) is 5. The Morgan fingerprint density at radius 3 is 2.53 bits per heavy atom. The van der Waals surface area contributed by atoms with E-state index in [4.69, 9.17) is 14.2 Å². The predicted octanol–water partition coefficient (Wildman–Crippen LogP) is 6.06. The first kappa shape index (κ1) is 23.4. The molecule has 7 heteroatoms. The van der Waals surface area contributed by atoms with Crippen LogP contribution in [0.3, 0.4) is 0 Å². The van der Waals surface area contributed by atoms with Crippen molar-refractivity contribution in [2.75, 3.05) is 7.11 Å². The van der Waals surface area contributed by atoms with Gasteiger partial charge >= 0.3 is 6.03 Å². The van der Waals surface area contributed by atoms with Crippen molar-refractivity contribution in [2.45, 2.75) is 33.4 Å². The molecule has 1 aliphatic rings. The van der Waals surface area contributed by atoms with E-state index in [1.54, 1.807) is 12.0 Å². The van der Waals surface area contributed by atoms with Gasteiger partial charge in [0.2, 0.25) is 5.82 Å². The van der Waals surface area contributed by atoms with Crippen LogP contribution in [-0.4, -0.2) is 28.2 Å². The van der Waals surface area contributed by atoms with Gasteiger partial charge < -0.3 is 14.6 Å². The van der Waals surface area contributed by atoms with E-state index >= 15 is 0 Å². The summed E-state index contributed by atoms with van der Waals surface area (Å²) in [5.41, 5.74) is 6.58. The molecule has 182 valence electrons. The van der Waals surface area contributed by atoms with Crippen molar-refractivity contribution in [3.05, 3.63) is 107 Å². The van der Waals surface area contributed by atoms with Crippen LogP contribution in [0.25, 0.3) is 17.0 Å². The Bertz CT molecular complexity index is 1440. The fourth-order valence-electron chi connectivity index (χ4n) is 4.43. The smallest absolute Gasteiger partial charge is 0.322 e. The van der Waals surface area contributed by atoms with Crippen LogP contribution in [0, 0.1) is 13.8 Å². The Hall–Kier alpha value is -4.39. The lowest BCUT2D eigenvalue weighted by atomic mass is 9.94. The maximum Gasteiger partial charge on any atom is 0.322 e. The Labute approximate surface area is 210 Å². The van der Waals surface area contributed by atoms with E-state index in [1.807, 2.05) is 93.6 Å². The third-order valence-electron chi connectivity index (χ3n) is 6.58. The highest BCUT2D eigenvalue weighted by atomic mass is 16.5. The fourth-order valence-corrected chi connectivity index (χ4v) is 4.43. The van der Waals surface area contributed by atoms with Gasteiger partial charge in [-0.25, -0.2) is 4.79 Å². The maximum atomic E-state index is 13.4. The zero-order valence-corrected chi connectivity index (χ0v) is 20.8. The Morgan fingerprint density at radius 2 is 1.78 bits per heavy atom. The van der Waals surface area contributed by atoms with Crippen molar-refractivity contribution in [1.29, 1.82) is 0 Å². The van der Waals surface area contributed by atoms with E-state index in [9.17, 15) is 4.79 Å². The van der Waals surface area contributed by atoms with Crippen LogP contribution in [0.5, 0.6) is 5.75 Å². The lowest BCUT2D eigenvalue weighted by Gasteiger charge is -2.35. The zero-order valence-electron chi connectivity index (χ0n) is 20.8. The standard InChI is InChI=1S/C29H28N4O3/c1-18-12-14-21(15-13-18)27-31-28(36-32-27)25-20(3)33(17-23-9-6-5-8-19(23)2)29(34)30-26(25)22-10-7-11-24(16-22)35-4/h5-16,26H,17H2,1-4H3,(H,30,34). The number of methoxy groups -OCH3 is 1. The van der Waals surface area contributed by atoms with E-state index in [-0.39, 0.29) is 6.03 Å². The number of rotatable bonds is 6. The third-order valence-corrected chi connectivity index (χ3v) is 6.58. The molecule has 5 rings (SSSR count). The molecule has 0 saturated heterocycles. The van der Waals surface area contributed by atoms with Gasteiger partial charge in [-0.2, -0.15) is 4.98 Å². The predicted molar refractivity (Wildman–Crippen MR) is 138 cm³/mol. The molecular formula is C29H28N4O3. The van der Waals surface area contributed by atoms with Gasteiger partial charge in [-0.3, -0.25) is 4.90 Å². The Morgan fingerprint density at radius 1 is 1.00 bits per heavy atom. The van der Waals surface area contributed by atoms with E-state index in [2.05, 4.69) is 10.5 Å². The molecule has 0 spiro atoms. The average molecular weight is 481 g/mol. The molecule has 4 aromatic rings. The first-order valence-electron chi connectivity index (χ1n) is 11.8. The molecule has 1 aromatic heterocycles. The summed E-state index contributed by atoms with van der Waals surface area (Å²) >= 11 is 0.